The zero-order valence-corrected chi connectivity index (χ0v) is 11.5. The number of ether oxygens (including phenoxy) is 2. The van der Waals surface area contributed by atoms with Gasteiger partial charge in [-0.15, -0.1) is 0 Å². The maximum atomic E-state index is 11.0. The molecule has 0 radical (unpaired) electrons. The van der Waals surface area contributed by atoms with Gasteiger partial charge in [0.25, 0.3) is 0 Å². The van der Waals surface area contributed by atoms with Crippen LogP contribution in [0.2, 0.25) is 0 Å². The van der Waals surface area contributed by atoms with Crippen LogP contribution in [0.15, 0.2) is 18.2 Å². The van der Waals surface area contributed by atoms with Gasteiger partial charge in [0.1, 0.15) is 5.75 Å². The average Bonchev–Trinajstić information content (AvgIpc) is 2.87. The van der Waals surface area contributed by atoms with Crippen LogP contribution in [-0.2, 0) is 16.8 Å². The Morgan fingerprint density at radius 2 is 2.26 bits per heavy atom. The Morgan fingerprint density at radius 1 is 1.37 bits per heavy atom. The van der Waals surface area contributed by atoms with E-state index in [-0.39, 0.29) is 6.10 Å². The molecular weight excluding hydrogens is 240 g/mol. The largest absolute Gasteiger partial charge is 0.493 e. The molecule has 0 aromatic heterocycles. The van der Waals surface area contributed by atoms with Crippen molar-refractivity contribution in [3.63, 3.8) is 0 Å². The fourth-order valence-corrected chi connectivity index (χ4v) is 3.27. The van der Waals surface area contributed by atoms with Gasteiger partial charge in [0.15, 0.2) is 0 Å². The Morgan fingerprint density at radius 3 is 3.11 bits per heavy atom. The topological polar surface area (TPSA) is 38.7 Å². The summed E-state index contributed by atoms with van der Waals surface area (Å²) in [4.78, 5) is 0. The van der Waals surface area contributed by atoms with Gasteiger partial charge < -0.3 is 14.6 Å². The number of rotatable bonds is 3. The summed E-state index contributed by atoms with van der Waals surface area (Å²) in [5.74, 6) is 0.919. The highest BCUT2D eigenvalue weighted by atomic mass is 16.5. The van der Waals surface area contributed by atoms with Crippen molar-refractivity contribution >= 4 is 0 Å². The molecule has 1 N–H and O–H groups in total. The Hall–Kier alpha value is -1.06. The lowest BCUT2D eigenvalue weighted by atomic mass is 9.81. The molecule has 19 heavy (non-hydrogen) atoms. The van der Waals surface area contributed by atoms with Crippen LogP contribution in [0.1, 0.15) is 43.7 Å². The molecule has 0 spiro atoms. The quantitative estimate of drug-likeness (QED) is 0.910. The molecule has 2 heterocycles. The monoisotopic (exact) mass is 262 g/mol. The van der Waals surface area contributed by atoms with E-state index in [2.05, 4.69) is 13.0 Å². The molecule has 1 saturated heterocycles. The predicted molar refractivity (Wildman–Crippen MR) is 73.4 cm³/mol. The maximum absolute atomic E-state index is 11.0. The standard InChI is InChI=1S/C16H22O3/c1-2-4-13-11-16(17,8-10-18-13)14-6-3-5-12-7-9-19-15(12)14/h3,5-6,13,17H,2,4,7-11H2,1H3. The lowest BCUT2D eigenvalue weighted by molar-refractivity contribution is -0.110. The van der Waals surface area contributed by atoms with Crippen LogP contribution >= 0.6 is 0 Å². The molecule has 1 fully saturated rings. The second kappa shape index (κ2) is 5.14. The predicted octanol–water partition coefficient (Wildman–Crippen LogP) is 2.79. The van der Waals surface area contributed by atoms with Gasteiger partial charge in [0, 0.05) is 24.8 Å². The zero-order chi connectivity index (χ0) is 13.3. The first-order valence-electron chi connectivity index (χ1n) is 7.32. The van der Waals surface area contributed by atoms with E-state index in [4.69, 9.17) is 9.47 Å². The van der Waals surface area contributed by atoms with Gasteiger partial charge in [-0.05, 0) is 12.0 Å². The highest BCUT2D eigenvalue weighted by molar-refractivity contribution is 5.47. The van der Waals surface area contributed by atoms with Gasteiger partial charge in [0.2, 0.25) is 0 Å². The van der Waals surface area contributed by atoms with E-state index in [9.17, 15) is 5.11 Å². The molecular formula is C16H22O3. The minimum absolute atomic E-state index is 0.168. The van der Waals surface area contributed by atoms with Crippen LogP contribution in [0, 0.1) is 0 Å². The number of para-hydroxylation sites is 1. The minimum Gasteiger partial charge on any atom is -0.493 e. The van der Waals surface area contributed by atoms with Crippen molar-refractivity contribution in [2.24, 2.45) is 0 Å². The maximum Gasteiger partial charge on any atom is 0.128 e. The Labute approximate surface area is 114 Å². The summed E-state index contributed by atoms with van der Waals surface area (Å²) in [5.41, 5.74) is 1.41. The smallest absolute Gasteiger partial charge is 0.128 e. The molecule has 3 rings (SSSR count). The third-order valence-corrected chi connectivity index (χ3v) is 4.26. The van der Waals surface area contributed by atoms with E-state index in [0.717, 1.165) is 37.2 Å². The molecule has 1 aromatic rings. The third kappa shape index (κ3) is 2.37. The van der Waals surface area contributed by atoms with Gasteiger partial charge in [-0.2, -0.15) is 0 Å². The molecule has 104 valence electrons. The molecule has 2 aliphatic heterocycles. The van der Waals surface area contributed by atoms with Crippen molar-refractivity contribution in [1.82, 2.24) is 0 Å². The molecule has 3 nitrogen and oxygen atoms in total. The molecule has 2 aliphatic rings. The van der Waals surface area contributed by atoms with Crippen molar-refractivity contribution in [3.05, 3.63) is 29.3 Å². The summed E-state index contributed by atoms with van der Waals surface area (Å²) in [6.45, 7) is 3.52. The first-order chi connectivity index (χ1) is 9.23. The molecule has 3 heteroatoms. The van der Waals surface area contributed by atoms with Crippen LogP contribution in [0.4, 0.5) is 0 Å². The molecule has 0 amide bonds. The van der Waals surface area contributed by atoms with E-state index in [1.165, 1.54) is 5.56 Å². The van der Waals surface area contributed by atoms with Crippen LogP contribution in [0.3, 0.4) is 0 Å². The van der Waals surface area contributed by atoms with Crippen LogP contribution in [0.5, 0.6) is 5.75 Å². The van der Waals surface area contributed by atoms with Crippen molar-refractivity contribution < 1.29 is 14.6 Å². The number of fused-ring (bicyclic) bond motifs is 1. The summed E-state index contributed by atoms with van der Waals surface area (Å²) >= 11 is 0. The fraction of sp³-hybridized carbons (Fsp3) is 0.625. The van der Waals surface area contributed by atoms with Crippen molar-refractivity contribution in [2.75, 3.05) is 13.2 Å². The van der Waals surface area contributed by atoms with Gasteiger partial charge in [-0.3, -0.25) is 0 Å². The third-order valence-electron chi connectivity index (χ3n) is 4.26. The fourth-order valence-electron chi connectivity index (χ4n) is 3.27. The van der Waals surface area contributed by atoms with E-state index < -0.39 is 5.60 Å². The Balaban J connectivity index is 1.90. The minimum atomic E-state index is -0.784. The van der Waals surface area contributed by atoms with Gasteiger partial charge in [-0.25, -0.2) is 0 Å². The second-order valence-electron chi connectivity index (χ2n) is 5.66. The van der Waals surface area contributed by atoms with Crippen LogP contribution < -0.4 is 4.74 Å². The van der Waals surface area contributed by atoms with Gasteiger partial charge in [-0.1, -0.05) is 31.5 Å². The number of aliphatic hydroxyl groups is 1. The van der Waals surface area contributed by atoms with E-state index in [1.54, 1.807) is 0 Å². The zero-order valence-electron chi connectivity index (χ0n) is 11.5. The highest BCUT2D eigenvalue weighted by Gasteiger charge is 2.39. The van der Waals surface area contributed by atoms with E-state index >= 15 is 0 Å². The molecule has 2 atom stereocenters. The Bertz CT molecular complexity index is 455. The summed E-state index contributed by atoms with van der Waals surface area (Å²) in [7, 11) is 0. The number of benzene rings is 1. The van der Waals surface area contributed by atoms with E-state index in [0.29, 0.717) is 19.4 Å². The molecule has 1 aromatic carbocycles. The lowest BCUT2D eigenvalue weighted by Gasteiger charge is -2.38. The highest BCUT2D eigenvalue weighted by Crippen LogP contribution is 2.43. The lowest BCUT2D eigenvalue weighted by Crippen LogP contribution is -2.38. The number of hydrogen-bond donors (Lipinski definition) is 1. The van der Waals surface area contributed by atoms with Crippen LogP contribution in [-0.4, -0.2) is 24.4 Å². The second-order valence-corrected chi connectivity index (χ2v) is 5.66. The first-order valence-corrected chi connectivity index (χ1v) is 7.32. The first kappa shape index (κ1) is 12.9. The average molecular weight is 262 g/mol. The van der Waals surface area contributed by atoms with Gasteiger partial charge in [0.05, 0.1) is 24.9 Å². The summed E-state index contributed by atoms with van der Waals surface area (Å²) in [5, 5.41) is 11.0. The van der Waals surface area contributed by atoms with Gasteiger partial charge >= 0.3 is 0 Å². The summed E-state index contributed by atoms with van der Waals surface area (Å²) in [6, 6.07) is 6.14. The van der Waals surface area contributed by atoms with E-state index in [1.807, 2.05) is 12.1 Å². The summed E-state index contributed by atoms with van der Waals surface area (Å²) < 4.78 is 11.5. The number of hydrogen-bond acceptors (Lipinski definition) is 3. The molecule has 0 aliphatic carbocycles. The molecule has 0 bridgehead atoms. The molecule has 0 saturated carbocycles. The normalized spacial score (nSPS) is 29.9. The molecule has 2 unspecified atom stereocenters. The Kier molecular flexibility index (Phi) is 3.50. The summed E-state index contributed by atoms with van der Waals surface area (Å²) in [6.07, 6.45) is 4.56. The SMILES string of the molecule is CCCC1CC(O)(c2cccc3c2OCC3)CCO1. The van der Waals surface area contributed by atoms with Crippen LogP contribution in [0.25, 0.3) is 0 Å². The van der Waals surface area contributed by atoms with Crippen molar-refractivity contribution in [2.45, 2.75) is 50.7 Å². The van der Waals surface area contributed by atoms with Crippen molar-refractivity contribution in [3.8, 4) is 5.75 Å². The van der Waals surface area contributed by atoms with Crippen molar-refractivity contribution in [1.29, 1.82) is 0 Å².